The van der Waals surface area contributed by atoms with Crippen molar-refractivity contribution in [3.63, 3.8) is 0 Å². The summed E-state index contributed by atoms with van der Waals surface area (Å²) in [4.78, 5) is 32.6. The molecule has 0 bridgehead atoms. The fourth-order valence-electron chi connectivity index (χ4n) is 3.79. The van der Waals surface area contributed by atoms with Gasteiger partial charge in [0, 0.05) is 26.9 Å². The monoisotopic (exact) mass is 590 g/mol. The standard InChI is InChI=1S/C32H38N4O7/c1-35(14-15-43-31(37)24-42-21-20-41-19-18-40-17-16-39-3)28-11-8-26(9-12-28)22-29-32(38)36(2)30(34-29)13-10-25-4-6-27(23-33)7-5-25/h4-13,22H,14-21,24H2,1-3H3/b13-10+,29-22-. The van der Waals surface area contributed by atoms with Crippen LogP contribution in [0.4, 0.5) is 5.69 Å². The summed E-state index contributed by atoms with van der Waals surface area (Å²) in [5.41, 5.74) is 3.60. The van der Waals surface area contributed by atoms with Crippen molar-refractivity contribution in [1.29, 1.82) is 5.26 Å². The molecule has 1 amide bonds. The number of methoxy groups -OCH3 is 1. The first kappa shape index (κ1) is 33.2. The van der Waals surface area contributed by atoms with Crippen molar-refractivity contribution in [2.45, 2.75) is 0 Å². The van der Waals surface area contributed by atoms with E-state index in [1.54, 1.807) is 38.4 Å². The molecule has 0 N–H and O–H groups in total. The zero-order valence-corrected chi connectivity index (χ0v) is 24.9. The number of rotatable bonds is 18. The maximum absolute atomic E-state index is 12.7. The highest BCUT2D eigenvalue weighted by Crippen LogP contribution is 2.20. The molecule has 2 aromatic carbocycles. The van der Waals surface area contributed by atoms with Crippen molar-refractivity contribution in [1.82, 2.24) is 4.90 Å². The molecule has 228 valence electrons. The molecule has 0 saturated heterocycles. The number of ether oxygens (including phenoxy) is 5. The Kier molecular flexibility index (Phi) is 14.1. The summed E-state index contributed by atoms with van der Waals surface area (Å²) in [5, 5.41) is 8.94. The van der Waals surface area contributed by atoms with Crippen molar-refractivity contribution in [2.75, 3.05) is 85.5 Å². The number of hydrogen-bond acceptors (Lipinski definition) is 10. The molecular weight excluding hydrogens is 552 g/mol. The predicted molar refractivity (Wildman–Crippen MR) is 163 cm³/mol. The Morgan fingerprint density at radius 3 is 2.19 bits per heavy atom. The molecule has 0 radical (unpaired) electrons. The minimum Gasteiger partial charge on any atom is -0.462 e. The van der Waals surface area contributed by atoms with E-state index in [1.165, 1.54) is 4.90 Å². The maximum Gasteiger partial charge on any atom is 0.332 e. The number of hydrogen-bond donors (Lipinski definition) is 0. The largest absolute Gasteiger partial charge is 0.462 e. The number of anilines is 1. The van der Waals surface area contributed by atoms with Crippen molar-refractivity contribution >= 4 is 35.6 Å². The summed E-state index contributed by atoms with van der Waals surface area (Å²) in [5.74, 6) is -0.0942. The third-order valence-corrected chi connectivity index (χ3v) is 6.29. The molecule has 3 rings (SSSR count). The van der Waals surface area contributed by atoms with Crippen molar-refractivity contribution in [3.8, 4) is 6.07 Å². The van der Waals surface area contributed by atoms with Gasteiger partial charge in [-0.1, -0.05) is 30.3 Å². The van der Waals surface area contributed by atoms with Gasteiger partial charge in [0.2, 0.25) is 0 Å². The van der Waals surface area contributed by atoms with E-state index in [0.717, 1.165) is 16.8 Å². The zero-order chi connectivity index (χ0) is 30.9. The molecular formula is C32H38N4O7. The van der Waals surface area contributed by atoms with Gasteiger partial charge in [-0.3, -0.25) is 9.69 Å². The Hall–Kier alpha value is -4.34. The summed E-state index contributed by atoms with van der Waals surface area (Å²) in [6, 6.07) is 16.9. The lowest BCUT2D eigenvalue weighted by Gasteiger charge is -2.19. The Morgan fingerprint density at radius 2 is 1.53 bits per heavy atom. The number of benzene rings is 2. The van der Waals surface area contributed by atoms with Gasteiger partial charge in [0.25, 0.3) is 5.91 Å². The molecule has 0 saturated carbocycles. The van der Waals surface area contributed by atoms with E-state index in [9.17, 15) is 9.59 Å². The SMILES string of the molecule is COCCOCCOCCOCC(=O)OCCN(C)c1ccc(/C=C2N=C(/C=C/c3ccc(C#N)cc3)N(C)C\2=O)cc1. The first-order valence-corrected chi connectivity index (χ1v) is 13.9. The van der Waals surface area contributed by atoms with E-state index in [0.29, 0.717) is 63.3 Å². The Bertz CT molecular complexity index is 1310. The van der Waals surface area contributed by atoms with Gasteiger partial charge in [-0.15, -0.1) is 0 Å². The Labute approximate surface area is 252 Å². The van der Waals surface area contributed by atoms with E-state index in [1.807, 2.05) is 54.4 Å². The average Bonchev–Trinajstić information content (AvgIpc) is 3.29. The molecule has 1 aliphatic rings. The van der Waals surface area contributed by atoms with Crippen LogP contribution in [0.3, 0.4) is 0 Å². The van der Waals surface area contributed by atoms with E-state index in [4.69, 9.17) is 28.9 Å². The molecule has 0 aromatic heterocycles. The van der Waals surface area contributed by atoms with Crippen LogP contribution in [-0.2, 0) is 33.3 Å². The number of nitriles is 1. The fourth-order valence-corrected chi connectivity index (χ4v) is 3.79. The van der Waals surface area contributed by atoms with Gasteiger partial charge in [0.1, 0.15) is 24.7 Å². The summed E-state index contributed by atoms with van der Waals surface area (Å²) in [6.07, 6.45) is 5.37. The third kappa shape index (κ3) is 11.5. The lowest BCUT2D eigenvalue weighted by atomic mass is 10.1. The average molecular weight is 591 g/mol. The van der Waals surface area contributed by atoms with Gasteiger partial charge >= 0.3 is 5.97 Å². The number of carbonyl (C=O) groups is 2. The third-order valence-electron chi connectivity index (χ3n) is 6.29. The Morgan fingerprint density at radius 1 is 0.907 bits per heavy atom. The highest BCUT2D eigenvalue weighted by molar-refractivity contribution is 6.18. The van der Waals surface area contributed by atoms with Crippen molar-refractivity contribution < 1.29 is 33.3 Å². The number of amides is 1. The predicted octanol–water partition coefficient (Wildman–Crippen LogP) is 3.16. The molecule has 0 unspecified atom stereocenters. The van der Waals surface area contributed by atoms with Crippen LogP contribution in [0.2, 0.25) is 0 Å². The minimum absolute atomic E-state index is 0.135. The second-order valence-corrected chi connectivity index (χ2v) is 9.43. The molecule has 1 aliphatic heterocycles. The fraction of sp³-hybridized carbons (Fsp3) is 0.375. The van der Waals surface area contributed by atoms with Crippen LogP contribution in [0.5, 0.6) is 0 Å². The van der Waals surface area contributed by atoms with Gasteiger partial charge < -0.3 is 28.6 Å². The molecule has 0 aliphatic carbocycles. The molecule has 11 nitrogen and oxygen atoms in total. The normalized spacial score (nSPS) is 13.9. The highest BCUT2D eigenvalue weighted by atomic mass is 16.6. The van der Waals surface area contributed by atoms with Crippen LogP contribution in [0, 0.1) is 11.3 Å². The molecule has 11 heteroatoms. The summed E-state index contributed by atoms with van der Waals surface area (Å²) < 4.78 is 26.1. The first-order valence-electron chi connectivity index (χ1n) is 13.9. The molecule has 2 aromatic rings. The summed E-state index contributed by atoms with van der Waals surface area (Å²) in [7, 11) is 5.20. The summed E-state index contributed by atoms with van der Waals surface area (Å²) in [6.45, 7) is 3.25. The second-order valence-electron chi connectivity index (χ2n) is 9.43. The van der Waals surface area contributed by atoms with Gasteiger partial charge in [-0.25, -0.2) is 9.79 Å². The molecule has 1 heterocycles. The number of esters is 1. The lowest BCUT2D eigenvalue weighted by Crippen LogP contribution is -2.26. The quantitative estimate of drug-likeness (QED) is 0.146. The van der Waals surface area contributed by atoms with Crippen LogP contribution in [0.15, 0.2) is 65.3 Å². The van der Waals surface area contributed by atoms with E-state index in [-0.39, 0.29) is 19.1 Å². The van der Waals surface area contributed by atoms with Crippen LogP contribution in [-0.4, -0.2) is 103 Å². The van der Waals surface area contributed by atoms with E-state index in [2.05, 4.69) is 11.1 Å². The van der Waals surface area contributed by atoms with E-state index >= 15 is 0 Å². The molecule has 0 fully saturated rings. The lowest BCUT2D eigenvalue weighted by molar-refractivity contribution is -0.149. The number of carbonyl (C=O) groups excluding carboxylic acids is 2. The van der Waals surface area contributed by atoms with Gasteiger partial charge in [-0.05, 0) is 47.5 Å². The molecule has 0 atom stereocenters. The number of aliphatic imine (C=N–C) groups is 1. The number of nitrogens with zero attached hydrogens (tertiary/aromatic N) is 4. The summed E-state index contributed by atoms with van der Waals surface area (Å²) >= 11 is 0. The molecule has 43 heavy (non-hydrogen) atoms. The number of likely N-dealkylation sites (N-methyl/N-ethyl adjacent to an activating group) is 2. The van der Waals surface area contributed by atoms with Crippen molar-refractivity contribution in [3.05, 3.63) is 77.0 Å². The van der Waals surface area contributed by atoms with Crippen LogP contribution in [0.25, 0.3) is 12.2 Å². The number of amidine groups is 1. The topological polar surface area (TPSA) is 123 Å². The van der Waals surface area contributed by atoms with Gasteiger partial charge in [-0.2, -0.15) is 5.26 Å². The maximum atomic E-state index is 12.7. The van der Waals surface area contributed by atoms with Crippen LogP contribution in [0.1, 0.15) is 16.7 Å². The zero-order valence-electron chi connectivity index (χ0n) is 24.9. The van der Waals surface area contributed by atoms with Gasteiger partial charge in [0.05, 0.1) is 57.8 Å². The second kappa shape index (κ2) is 18.3. The first-order chi connectivity index (χ1) is 20.9. The van der Waals surface area contributed by atoms with Crippen LogP contribution < -0.4 is 4.90 Å². The van der Waals surface area contributed by atoms with Crippen LogP contribution >= 0.6 is 0 Å². The highest BCUT2D eigenvalue weighted by Gasteiger charge is 2.25. The Balaban J connectivity index is 1.38. The smallest absolute Gasteiger partial charge is 0.332 e. The van der Waals surface area contributed by atoms with Gasteiger partial charge in [0.15, 0.2) is 0 Å². The van der Waals surface area contributed by atoms with Crippen molar-refractivity contribution in [2.24, 2.45) is 4.99 Å². The molecule has 0 spiro atoms. The minimum atomic E-state index is -0.434. The van der Waals surface area contributed by atoms with E-state index < -0.39 is 5.97 Å².